The molecule has 0 aliphatic carbocycles. The van der Waals surface area contributed by atoms with E-state index in [-0.39, 0.29) is 5.92 Å². The van der Waals surface area contributed by atoms with Crippen molar-refractivity contribution in [3.05, 3.63) is 41.8 Å². The van der Waals surface area contributed by atoms with Gasteiger partial charge in [0.2, 0.25) is 5.82 Å². The number of rotatable bonds is 7. The maximum Gasteiger partial charge on any atom is 0.326 e. The van der Waals surface area contributed by atoms with E-state index < -0.39 is 18.0 Å². The molecule has 0 aliphatic heterocycles. The number of aliphatic carboxylic acids is 1. The molecular formula is C19H20N4O4S. The number of anilines is 1. The topological polar surface area (TPSA) is 117 Å². The van der Waals surface area contributed by atoms with E-state index in [0.717, 1.165) is 10.4 Å². The number of hydrogen-bond acceptors (Lipinski definition) is 6. The summed E-state index contributed by atoms with van der Waals surface area (Å²) in [6, 6.07) is 9.18. The van der Waals surface area contributed by atoms with Gasteiger partial charge in [-0.1, -0.05) is 25.1 Å². The van der Waals surface area contributed by atoms with Gasteiger partial charge in [0.15, 0.2) is 0 Å². The minimum absolute atomic E-state index is 0.148. The van der Waals surface area contributed by atoms with Crippen molar-refractivity contribution in [1.82, 2.24) is 15.5 Å². The number of nitrogens with zero attached hydrogens (tertiary/aromatic N) is 2. The summed E-state index contributed by atoms with van der Waals surface area (Å²) in [4.78, 5) is 28.6. The van der Waals surface area contributed by atoms with Crippen molar-refractivity contribution >= 4 is 29.0 Å². The van der Waals surface area contributed by atoms with Gasteiger partial charge in [0, 0.05) is 11.3 Å². The van der Waals surface area contributed by atoms with Crippen LogP contribution in [0.25, 0.3) is 22.2 Å². The number of carbonyl (C=O) groups is 2. The van der Waals surface area contributed by atoms with Gasteiger partial charge in [0.25, 0.3) is 5.89 Å². The summed E-state index contributed by atoms with van der Waals surface area (Å²) in [5.41, 5.74) is 1.26. The highest BCUT2D eigenvalue weighted by Crippen LogP contribution is 2.26. The number of thiophene rings is 1. The zero-order valence-corrected chi connectivity index (χ0v) is 16.2. The van der Waals surface area contributed by atoms with Gasteiger partial charge in [-0.05, 0) is 48.1 Å². The van der Waals surface area contributed by atoms with Crippen LogP contribution in [0.3, 0.4) is 0 Å². The lowest BCUT2D eigenvalue weighted by atomic mass is 10.0. The molecule has 146 valence electrons. The van der Waals surface area contributed by atoms with Crippen molar-refractivity contribution in [3.63, 3.8) is 0 Å². The molecule has 0 radical (unpaired) electrons. The van der Waals surface area contributed by atoms with E-state index in [1.54, 1.807) is 24.3 Å². The van der Waals surface area contributed by atoms with Crippen molar-refractivity contribution < 1.29 is 19.2 Å². The molecule has 28 heavy (non-hydrogen) atoms. The first-order valence-electron chi connectivity index (χ1n) is 8.70. The molecule has 8 nitrogen and oxygen atoms in total. The lowest BCUT2D eigenvalue weighted by Gasteiger charge is -2.17. The Bertz CT molecular complexity index is 935. The zero-order valence-electron chi connectivity index (χ0n) is 15.4. The van der Waals surface area contributed by atoms with Crippen molar-refractivity contribution in [2.24, 2.45) is 5.92 Å². The SMILES string of the molecule is CC(C)C[C@H](NC(=O)Nc1ccc(-c2noc(-c3cccs3)n2)cc1)C(=O)O. The molecule has 1 aromatic carbocycles. The second-order valence-corrected chi connectivity index (χ2v) is 7.54. The lowest BCUT2D eigenvalue weighted by Crippen LogP contribution is -2.43. The molecular weight excluding hydrogens is 380 g/mol. The minimum Gasteiger partial charge on any atom is -0.480 e. The molecule has 2 amide bonds. The number of carbonyl (C=O) groups excluding carboxylic acids is 1. The molecule has 1 atom stereocenters. The van der Waals surface area contributed by atoms with Crippen LogP contribution in [0.2, 0.25) is 0 Å². The summed E-state index contributed by atoms with van der Waals surface area (Å²) in [7, 11) is 0. The average molecular weight is 400 g/mol. The number of nitrogens with one attached hydrogen (secondary N) is 2. The number of carboxylic acids is 1. The second-order valence-electron chi connectivity index (χ2n) is 6.60. The van der Waals surface area contributed by atoms with Gasteiger partial charge in [0.05, 0.1) is 4.88 Å². The first-order valence-corrected chi connectivity index (χ1v) is 9.58. The maximum absolute atomic E-state index is 12.1. The molecule has 2 heterocycles. The van der Waals surface area contributed by atoms with E-state index in [0.29, 0.717) is 23.8 Å². The fourth-order valence-electron chi connectivity index (χ4n) is 2.56. The van der Waals surface area contributed by atoms with E-state index in [4.69, 9.17) is 4.52 Å². The fourth-order valence-corrected chi connectivity index (χ4v) is 3.21. The second kappa shape index (κ2) is 8.66. The largest absolute Gasteiger partial charge is 0.480 e. The van der Waals surface area contributed by atoms with Crippen molar-refractivity contribution in [3.8, 4) is 22.2 Å². The Labute approximate surface area is 165 Å². The molecule has 0 saturated heterocycles. The maximum atomic E-state index is 12.1. The van der Waals surface area contributed by atoms with Gasteiger partial charge < -0.3 is 20.3 Å². The molecule has 0 saturated carbocycles. The van der Waals surface area contributed by atoms with Gasteiger partial charge in [-0.15, -0.1) is 11.3 Å². The Kier molecular flexibility index (Phi) is 6.05. The first kappa shape index (κ1) is 19.6. The van der Waals surface area contributed by atoms with Gasteiger partial charge in [-0.3, -0.25) is 0 Å². The predicted molar refractivity (Wildman–Crippen MR) is 106 cm³/mol. The fraction of sp³-hybridized carbons (Fsp3) is 0.263. The van der Waals surface area contributed by atoms with Gasteiger partial charge in [-0.25, -0.2) is 9.59 Å². The van der Waals surface area contributed by atoms with Gasteiger partial charge in [0.1, 0.15) is 6.04 Å². The van der Waals surface area contributed by atoms with Gasteiger partial charge in [-0.2, -0.15) is 4.98 Å². The van der Waals surface area contributed by atoms with E-state index >= 15 is 0 Å². The molecule has 0 fully saturated rings. The van der Waals surface area contributed by atoms with Crippen molar-refractivity contribution in [1.29, 1.82) is 0 Å². The smallest absolute Gasteiger partial charge is 0.326 e. The summed E-state index contributed by atoms with van der Waals surface area (Å²) in [6.45, 7) is 3.80. The Morgan fingerprint density at radius 2 is 1.96 bits per heavy atom. The van der Waals surface area contributed by atoms with E-state index in [1.807, 2.05) is 31.4 Å². The normalized spacial score (nSPS) is 12.0. The Balaban J connectivity index is 1.63. The number of amides is 2. The molecule has 0 spiro atoms. The summed E-state index contributed by atoms with van der Waals surface area (Å²) >= 11 is 1.51. The lowest BCUT2D eigenvalue weighted by molar-refractivity contribution is -0.139. The quantitative estimate of drug-likeness (QED) is 0.550. The van der Waals surface area contributed by atoms with Crippen LogP contribution in [-0.2, 0) is 4.79 Å². The Morgan fingerprint density at radius 3 is 2.57 bits per heavy atom. The summed E-state index contributed by atoms with van der Waals surface area (Å²) in [5.74, 6) is -0.00807. The van der Waals surface area contributed by atoms with Crippen molar-refractivity contribution in [2.75, 3.05) is 5.32 Å². The van der Waals surface area contributed by atoms with Crippen LogP contribution >= 0.6 is 11.3 Å². The molecule has 2 aromatic heterocycles. The molecule has 0 aliphatic rings. The molecule has 0 bridgehead atoms. The van der Waals surface area contributed by atoms with Crippen LogP contribution in [0.5, 0.6) is 0 Å². The number of benzene rings is 1. The molecule has 3 aromatic rings. The molecule has 9 heteroatoms. The average Bonchev–Trinajstić information content (AvgIpc) is 3.33. The third-order valence-corrected chi connectivity index (χ3v) is 4.73. The summed E-state index contributed by atoms with van der Waals surface area (Å²) < 4.78 is 5.27. The van der Waals surface area contributed by atoms with E-state index in [1.165, 1.54) is 11.3 Å². The Hall–Kier alpha value is -3.20. The van der Waals surface area contributed by atoms with Crippen LogP contribution in [0, 0.1) is 5.92 Å². The molecule has 0 unspecified atom stereocenters. The highest BCUT2D eigenvalue weighted by molar-refractivity contribution is 7.13. The van der Waals surface area contributed by atoms with Gasteiger partial charge >= 0.3 is 12.0 Å². The number of aromatic nitrogens is 2. The van der Waals surface area contributed by atoms with E-state index in [2.05, 4.69) is 20.8 Å². The van der Waals surface area contributed by atoms with Crippen LogP contribution < -0.4 is 10.6 Å². The zero-order chi connectivity index (χ0) is 20.1. The highest BCUT2D eigenvalue weighted by atomic mass is 32.1. The standard InChI is InChI=1S/C19H20N4O4S/c1-11(2)10-14(18(24)25)21-19(26)20-13-7-5-12(6-8-13)16-22-17(27-23-16)15-4-3-9-28-15/h3-9,11,14H,10H2,1-2H3,(H,24,25)(H2,20,21,26)/t14-/m0/s1. The van der Waals surface area contributed by atoms with Crippen molar-refractivity contribution in [2.45, 2.75) is 26.3 Å². The predicted octanol–water partition coefficient (Wildman–Crippen LogP) is 4.09. The van der Waals surface area contributed by atoms with Crippen LogP contribution in [0.15, 0.2) is 46.3 Å². The number of carboxylic acid groups (broad SMARTS) is 1. The highest BCUT2D eigenvalue weighted by Gasteiger charge is 2.21. The number of hydrogen-bond donors (Lipinski definition) is 3. The summed E-state index contributed by atoms with van der Waals surface area (Å²) in [5, 5.41) is 20.2. The Morgan fingerprint density at radius 1 is 1.21 bits per heavy atom. The van der Waals surface area contributed by atoms with Crippen LogP contribution in [-0.4, -0.2) is 33.3 Å². The monoisotopic (exact) mass is 400 g/mol. The summed E-state index contributed by atoms with van der Waals surface area (Å²) in [6.07, 6.45) is 0.353. The third-order valence-electron chi connectivity index (χ3n) is 3.87. The van der Waals surface area contributed by atoms with E-state index in [9.17, 15) is 14.7 Å². The minimum atomic E-state index is -1.06. The first-order chi connectivity index (χ1) is 13.4. The van der Waals surface area contributed by atoms with Crippen LogP contribution in [0.1, 0.15) is 20.3 Å². The van der Waals surface area contributed by atoms with Crippen LogP contribution in [0.4, 0.5) is 10.5 Å². The third kappa shape index (κ3) is 4.95. The molecule has 3 N–H and O–H groups in total. The number of urea groups is 1. The molecule has 3 rings (SSSR count).